The Kier molecular flexibility index (Phi) is 4.41. The zero-order valence-electron chi connectivity index (χ0n) is 14.5. The molecule has 3 aromatic rings. The van der Waals surface area contributed by atoms with Crippen LogP contribution in [0.2, 0.25) is 0 Å². The summed E-state index contributed by atoms with van der Waals surface area (Å²) in [5, 5.41) is 10.6. The summed E-state index contributed by atoms with van der Waals surface area (Å²) in [6, 6.07) is 10.1. The topological polar surface area (TPSA) is 90.0 Å². The van der Waals surface area contributed by atoms with Crippen molar-refractivity contribution in [2.24, 2.45) is 0 Å². The Morgan fingerprint density at radius 3 is 2.50 bits per heavy atom. The van der Waals surface area contributed by atoms with E-state index >= 15 is 0 Å². The van der Waals surface area contributed by atoms with Gasteiger partial charge < -0.3 is 9.84 Å². The van der Waals surface area contributed by atoms with Crippen molar-refractivity contribution in [3.8, 4) is 11.3 Å². The summed E-state index contributed by atoms with van der Waals surface area (Å²) in [6.07, 6.45) is 0. The monoisotopic (exact) mass is 356 g/mol. The molecule has 0 aliphatic rings. The Morgan fingerprint density at radius 1 is 1.19 bits per heavy atom. The van der Waals surface area contributed by atoms with Crippen LogP contribution < -0.4 is 10.9 Å². The maximum absolute atomic E-state index is 13.1. The van der Waals surface area contributed by atoms with Gasteiger partial charge in [0.15, 0.2) is 5.82 Å². The van der Waals surface area contributed by atoms with Crippen molar-refractivity contribution in [2.45, 2.75) is 26.3 Å². The molecule has 0 saturated heterocycles. The van der Waals surface area contributed by atoms with Crippen molar-refractivity contribution in [3.63, 3.8) is 0 Å². The van der Waals surface area contributed by atoms with E-state index in [2.05, 4.69) is 15.6 Å². The molecule has 1 amide bonds. The molecule has 0 radical (unpaired) electrons. The number of rotatable bonds is 4. The number of hydrogen-bond donors (Lipinski definition) is 1. The van der Waals surface area contributed by atoms with Gasteiger partial charge in [-0.05, 0) is 51.1 Å². The predicted octanol–water partition coefficient (Wildman–Crippen LogP) is 2.72. The van der Waals surface area contributed by atoms with Crippen LogP contribution in [0.15, 0.2) is 51.8 Å². The molecule has 0 aliphatic heterocycles. The second-order valence-electron chi connectivity index (χ2n) is 6.31. The number of halogens is 1. The number of aromatic nitrogens is 3. The van der Waals surface area contributed by atoms with Crippen LogP contribution >= 0.6 is 0 Å². The number of aryl methyl sites for hydroxylation is 1. The molecule has 0 spiro atoms. The average molecular weight is 356 g/mol. The molecule has 1 N–H and O–H groups in total. The summed E-state index contributed by atoms with van der Waals surface area (Å²) in [7, 11) is 0. The first kappa shape index (κ1) is 17.5. The maximum atomic E-state index is 13.1. The summed E-state index contributed by atoms with van der Waals surface area (Å²) < 4.78 is 19.1. The molecule has 0 unspecified atom stereocenters. The molecule has 3 rings (SSSR count). The molecule has 7 nitrogen and oxygen atoms in total. The third-order valence-electron chi connectivity index (χ3n) is 3.89. The molecule has 0 fully saturated rings. The lowest BCUT2D eigenvalue weighted by Gasteiger charge is -2.24. The molecule has 1 aromatic carbocycles. The predicted molar refractivity (Wildman–Crippen MR) is 93.1 cm³/mol. The van der Waals surface area contributed by atoms with Crippen LogP contribution in [0.5, 0.6) is 0 Å². The second-order valence-corrected chi connectivity index (χ2v) is 6.31. The smallest absolute Gasteiger partial charge is 0.267 e. The number of nitrogens with one attached hydrogen (secondary N) is 1. The summed E-state index contributed by atoms with van der Waals surface area (Å²) in [4.78, 5) is 24.9. The summed E-state index contributed by atoms with van der Waals surface area (Å²) in [5.74, 6) is -0.0450. The Hall–Kier alpha value is -3.29. The number of nitrogens with zero attached hydrogens (tertiary/aromatic N) is 3. The fourth-order valence-electron chi connectivity index (χ4n) is 2.38. The molecule has 26 heavy (non-hydrogen) atoms. The molecule has 0 saturated carbocycles. The number of hydrogen-bond acceptors (Lipinski definition) is 5. The van der Waals surface area contributed by atoms with Crippen LogP contribution in [0.1, 0.15) is 19.6 Å². The summed E-state index contributed by atoms with van der Waals surface area (Å²) >= 11 is 0. The normalized spacial score (nSPS) is 11.4. The molecule has 2 heterocycles. The fourth-order valence-corrected chi connectivity index (χ4v) is 2.38. The van der Waals surface area contributed by atoms with Gasteiger partial charge in [0, 0.05) is 17.7 Å². The van der Waals surface area contributed by atoms with E-state index in [1.165, 1.54) is 24.3 Å². The lowest BCUT2D eigenvalue weighted by molar-refractivity contribution is -0.123. The van der Waals surface area contributed by atoms with Crippen LogP contribution in [-0.2, 0) is 10.3 Å². The minimum Gasteiger partial charge on any atom is -0.360 e. The lowest BCUT2D eigenvalue weighted by Crippen LogP contribution is -2.47. The van der Waals surface area contributed by atoms with Crippen LogP contribution in [0, 0.1) is 12.7 Å². The molecule has 0 aliphatic carbocycles. The summed E-state index contributed by atoms with van der Waals surface area (Å²) in [6.45, 7) is 4.84. The molecule has 2 aromatic heterocycles. The Morgan fingerprint density at radius 2 is 1.88 bits per heavy atom. The van der Waals surface area contributed by atoms with Crippen LogP contribution in [0.25, 0.3) is 11.3 Å². The van der Waals surface area contributed by atoms with Gasteiger partial charge in [-0.1, -0.05) is 5.16 Å². The third kappa shape index (κ3) is 3.39. The Labute approximate surface area is 148 Å². The number of carbonyl (C=O) groups is 1. The first-order chi connectivity index (χ1) is 12.3. The highest BCUT2D eigenvalue weighted by Gasteiger charge is 2.33. The fraction of sp³-hybridized carbons (Fsp3) is 0.222. The first-order valence-corrected chi connectivity index (χ1v) is 7.89. The minimum atomic E-state index is -1.29. The van der Waals surface area contributed by atoms with Gasteiger partial charge in [-0.3, -0.25) is 9.59 Å². The van der Waals surface area contributed by atoms with E-state index in [1.54, 1.807) is 39.0 Å². The molecule has 0 atom stereocenters. The van der Waals surface area contributed by atoms with E-state index in [0.29, 0.717) is 17.0 Å². The number of amides is 1. The van der Waals surface area contributed by atoms with Gasteiger partial charge in [-0.25, -0.2) is 9.07 Å². The first-order valence-electron chi connectivity index (χ1n) is 7.89. The standard InChI is InChI=1S/C18H17FN4O3/c1-11-10-15(22-26-11)20-17(25)18(2,3)23-16(24)9-8-14(21-23)12-4-6-13(19)7-5-12/h4-10H,1-3H3,(H,20,22,25). The largest absolute Gasteiger partial charge is 0.360 e. The van der Waals surface area contributed by atoms with E-state index in [1.807, 2.05) is 0 Å². The highest BCUT2D eigenvalue weighted by Crippen LogP contribution is 2.20. The number of benzene rings is 1. The van der Waals surface area contributed by atoms with Crippen molar-refractivity contribution >= 4 is 11.7 Å². The number of anilines is 1. The second kappa shape index (κ2) is 6.55. The SMILES string of the molecule is Cc1cc(NC(=O)C(C)(C)n2nc(-c3ccc(F)cc3)ccc2=O)no1. The van der Waals surface area contributed by atoms with E-state index in [9.17, 15) is 14.0 Å². The van der Waals surface area contributed by atoms with E-state index in [4.69, 9.17) is 4.52 Å². The highest BCUT2D eigenvalue weighted by atomic mass is 19.1. The van der Waals surface area contributed by atoms with Crippen molar-refractivity contribution in [3.05, 3.63) is 64.4 Å². The van der Waals surface area contributed by atoms with Crippen molar-refractivity contribution in [1.29, 1.82) is 0 Å². The highest BCUT2D eigenvalue weighted by molar-refractivity contribution is 5.95. The zero-order chi connectivity index (χ0) is 18.9. The Bertz CT molecular complexity index is 1010. The number of carbonyl (C=O) groups excluding carboxylic acids is 1. The van der Waals surface area contributed by atoms with Crippen LogP contribution in [-0.4, -0.2) is 20.8 Å². The van der Waals surface area contributed by atoms with E-state index in [-0.39, 0.29) is 11.6 Å². The molecular formula is C18H17FN4O3. The van der Waals surface area contributed by atoms with Gasteiger partial charge in [0.1, 0.15) is 17.1 Å². The van der Waals surface area contributed by atoms with E-state index in [0.717, 1.165) is 4.68 Å². The van der Waals surface area contributed by atoms with Gasteiger partial charge in [-0.2, -0.15) is 5.10 Å². The minimum absolute atomic E-state index is 0.253. The molecule has 8 heteroatoms. The van der Waals surface area contributed by atoms with Crippen molar-refractivity contribution < 1.29 is 13.7 Å². The molecule has 0 bridgehead atoms. The van der Waals surface area contributed by atoms with Gasteiger partial charge in [0.25, 0.3) is 11.5 Å². The third-order valence-corrected chi connectivity index (χ3v) is 3.89. The van der Waals surface area contributed by atoms with Crippen molar-refractivity contribution in [2.75, 3.05) is 5.32 Å². The van der Waals surface area contributed by atoms with Crippen molar-refractivity contribution in [1.82, 2.24) is 14.9 Å². The average Bonchev–Trinajstić information content (AvgIpc) is 3.01. The van der Waals surface area contributed by atoms with Crippen LogP contribution in [0.4, 0.5) is 10.2 Å². The zero-order valence-corrected chi connectivity index (χ0v) is 14.5. The maximum Gasteiger partial charge on any atom is 0.267 e. The summed E-state index contributed by atoms with van der Waals surface area (Å²) in [5.41, 5.74) is -0.654. The van der Waals surface area contributed by atoms with Crippen LogP contribution in [0.3, 0.4) is 0 Å². The molecular weight excluding hydrogens is 339 g/mol. The Balaban J connectivity index is 1.95. The lowest BCUT2D eigenvalue weighted by atomic mass is 10.0. The van der Waals surface area contributed by atoms with Gasteiger partial charge in [0.05, 0.1) is 5.69 Å². The van der Waals surface area contributed by atoms with E-state index < -0.39 is 17.0 Å². The van der Waals surface area contributed by atoms with Gasteiger partial charge >= 0.3 is 0 Å². The molecule has 134 valence electrons. The quantitative estimate of drug-likeness (QED) is 0.776. The van der Waals surface area contributed by atoms with Gasteiger partial charge in [-0.15, -0.1) is 0 Å². The van der Waals surface area contributed by atoms with Gasteiger partial charge in [0.2, 0.25) is 0 Å².